The molecule has 1 aromatic carbocycles. The first kappa shape index (κ1) is 13.9. The van der Waals surface area contributed by atoms with Crippen LogP contribution >= 0.6 is 0 Å². The van der Waals surface area contributed by atoms with E-state index in [0.717, 1.165) is 5.56 Å². The summed E-state index contributed by atoms with van der Waals surface area (Å²) in [4.78, 5) is 15.7. The smallest absolute Gasteiger partial charge is 0.254 e. The van der Waals surface area contributed by atoms with Crippen LogP contribution in [0.4, 0.5) is 14.6 Å². The van der Waals surface area contributed by atoms with Crippen molar-refractivity contribution in [1.29, 1.82) is 0 Å². The van der Waals surface area contributed by atoms with E-state index in [1.165, 1.54) is 31.4 Å². The molecule has 2 aromatic rings. The summed E-state index contributed by atoms with van der Waals surface area (Å²) < 4.78 is 26.6. The van der Waals surface area contributed by atoms with Crippen LogP contribution in [-0.2, 0) is 6.54 Å². The summed E-state index contributed by atoms with van der Waals surface area (Å²) in [7, 11) is 1.52. The zero-order valence-corrected chi connectivity index (χ0v) is 10.8. The molecule has 0 aliphatic rings. The van der Waals surface area contributed by atoms with Crippen LogP contribution in [0.2, 0.25) is 0 Å². The average molecular weight is 277 g/mol. The maximum absolute atomic E-state index is 13.9. The molecule has 20 heavy (non-hydrogen) atoms. The topological polar surface area (TPSA) is 54.0 Å². The Bertz CT molecular complexity index is 614. The summed E-state index contributed by atoms with van der Waals surface area (Å²) >= 11 is 0. The first-order chi connectivity index (χ1) is 9.61. The minimum Gasteiger partial charge on any atom is -0.371 e. The summed E-state index contributed by atoms with van der Waals surface area (Å²) in [6.45, 7) is 0.190. The van der Waals surface area contributed by atoms with E-state index in [2.05, 4.69) is 15.6 Å². The van der Waals surface area contributed by atoms with Gasteiger partial charge in [0.2, 0.25) is 0 Å². The third-order valence-electron chi connectivity index (χ3n) is 2.74. The SMILES string of the molecule is CNc1nccc(C(=O)NCc2ccc(F)cc2)c1F. The molecule has 2 N–H and O–H groups in total. The number of amides is 1. The zero-order valence-electron chi connectivity index (χ0n) is 10.8. The highest BCUT2D eigenvalue weighted by Gasteiger charge is 2.14. The lowest BCUT2D eigenvalue weighted by molar-refractivity contribution is 0.0947. The van der Waals surface area contributed by atoms with E-state index in [1.807, 2.05) is 0 Å². The molecule has 1 amide bonds. The molecule has 0 aliphatic heterocycles. The van der Waals surface area contributed by atoms with Gasteiger partial charge in [0.05, 0.1) is 5.56 Å². The van der Waals surface area contributed by atoms with Gasteiger partial charge in [0.15, 0.2) is 11.6 Å². The monoisotopic (exact) mass is 277 g/mol. The Morgan fingerprint density at radius 1 is 1.20 bits per heavy atom. The predicted octanol–water partition coefficient (Wildman–Crippen LogP) is 2.33. The second-order valence-electron chi connectivity index (χ2n) is 4.08. The minimum atomic E-state index is -0.702. The Balaban J connectivity index is 2.07. The van der Waals surface area contributed by atoms with Gasteiger partial charge in [-0.1, -0.05) is 12.1 Å². The number of anilines is 1. The van der Waals surface area contributed by atoms with Gasteiger partial charge in [0.25, 0.3) is 5.91 Å². The summed E-state index contributed by atoms with van der Waals surface area (Å²) in [6, 6.07) is 7.01. The molecule has 0 aliphatic carbocycles. The van der Waals surface area contributed by atoms with Gasteiger partial charge in [-0.05, 0) is 23.8 Å². The number of rotatable bonds is 4. The van der Waals surface area contributed by atoms with Crippen molar-refractivity contribution in [2.45, 2.75) is 6.54 Å². The molecule has 0 bridgehead atoms. The Labute approximate surface area is 114 Å². The number of aromatic nitrogens is 1. The molecular weight excluding hydrogens is 264 g/mol. The molecule has 0 spiro atoms. The van der Waals surface area contributed by atoms with E-state index in [4.69, 9.17) is 0 Å². The number of halogens is 2. The van der Waals surface area contributed by atoms with Crippen molar-refractivity contribution in [2.75, 3.05) is 12.4 Å². The lowest BCUT2D eigenvalue weighted by Crippen LogP contribution is -2.24. The molecule has 0 fully saturated rings. The first-order valence-corrected chi connectivity index (χ1v) is 5.96. The van der Waals surface area contributed by atoms with Crippen molar-refractivity contribution >= 4 is 11.7 Å². The molecular formula is C14H13F2N3O. The van der Waals surface area contributed by atoms with Crippen molar-refractivity contribution in [3.63, 3.8) is 0 Å². The van der Waals surface area contributed by atoms with Gasteiger partial charge in [-0.25, -0.2) is 13.8 Å². The van der Waals surface area contributed by atoms with Crippen LogP contribution < -0.4 is 10.6 Å². The second-order valence-corrected chi connectivity index (χ2v) is 4.08. The van der Waals surface area contributed by atoms with Gasteiger partial charge >= 0.3 is 0 Å². The van der Waals surface area contributed by atoms with Crippen LogP contribution in [0, 0.1) is 11.6 Å². The fourth-order valence-corrected chi connectivity index (χ4v) is 1.67. The fourth-order valence-electron chi connectivity index (χ4n) is 1.67. The standard InChI is InChI=1S/C14H13F2N3O/c1-17-13-12(16)11(6-7-18-13)14(20)19-8-9-2-4-10(15)5-3-9/h2-7H,8H2,1H3,(H,17,18)(H,19,20). The van der Waals surface area contributed by atoms with Gasteiger partial charge in [-0.3, -0.25) is 4.79 Å². The number of carbonyl (C=O) groups excluding carboxylic acids is 1. The lowest BCUT2D eigenvalue weighted by Gasteiger charge is -2.08. The summed E-state index contributed by atoms with van der Waals surface area (Å²) in [5, 5.41) is 5.13. The van der Waals surface area contributed by atoms with Gasteiger partial charge in [0, 0.05) is 19.8 Å². The molecule has 0 saturated heterocycles. The fraction of sp³-hybridized carbons (Fsp3) is 0.143. The van der Waals surface area contributed by atoms with Crippen molar-refractivity contribution in [2.24, 2.45) is 0 Å². The number of hydrogen-bond acceptors (Lipinski definition) is 3. The van der Waals surface area contributed by atoms with Crippen molar-refractivity contribution in [3.05, 3.63) is 59.3 Å². The number of nitrogens with zero attached hydrogens (tertiary/aromatic N) is 1. The van der Waals surface area contributed by atoms with Crippen molar-refractivity contribution in [1.82, 2.24) is 10.3 Å². The molecule has 104 valence electrons. The lowest BCUT2D eigenvalue weighted by atomic mass is 10.2. The normalized spacial score (nSPS) is 10.2. The first-order valence-electron chi connectivity index (χ1n) is 5.96. The highest BCUT2D eigenvalue weighted by atomic mass is 19.1. The number of carbonyl (C=O) groups is 1. The molecule has 0 saturated carbocycles. The Hall–Kier alpha value is -2.50. The number of pyridine rings is 1. The van der Waals surface area contributed by atoms with E-state index in [9.17, 15) is 13.6 Å². The summed E-state index contributed by atoms with van der Waals surface area (Å²) in [6.07, 6.45) is 1.35. The third kappa shape index (κ3) is 3.09. The maximum atomic E-state index is 13.9. The molecule has 1 heterocycles. The van der Waals surface area contributed by atoms with E-state index in [1.54, 1.807) is 12.1 Å². The molecule has 6 heteroatoms. The van der Waals surface area contributed by atoms with E-state index < -0.39 is 11.7 Å². The van der Waals surface area contributed by atoms with Gasteiger partial charge in [-0.2, -0.15) is 0 Å². The van der Waals surface area contributed by atoms with Crippen LogP contribution in [0.25, 0.3) is 0 Å². The van der Waals surface area contributed by atoms with Crippen LogP contribution in [0.3, 0.4) is 0 Å². The van der Waals surface area contributed by atoms with Crippen molar-refractivity contribution < 1.29 is 13.6 Å². The number of hydrogen-bond donors (Lipinski definition) is 2. The van der Waals surface area contributed by atoms with Crippen LogP contribution in [0.15, 0.2) is 36.5 Å². The van der Waals surface area contributed by atoms with E-state index >= 15 is 0 Å². The third-order valence-corrected chi connectivity index (χ3v) is 2.74. The molecule has 2 rings (SSSR count). The molecule has 0 radical (unpaired) electrons. The largest absolute Gasteiger partial charge is 0.371 e. The van der Waals surface area contributed by atoms with E-state index in [0.29, 0.717) is 0 Å². The van der Waals surface area contributed by atoms with E-state index in [-0.39, 0.29) is 23.7 Å². The Kier molecular flexibility index (Phi) is 4.24. The van der Waals surface area contributed by atoms with Crippen LogP contribution in [0.1, 0.15) is 15.9 Å². The molecule has 4 nitrogen and oxygen atoms in total. The van der Waals surface area contributed by atoms with Crippen LogP contribution in [-0.4, -0.2) is 17.9 Å². The average Bonchev–Trinajstić information content (AvgIpc) is 2.46. The van der Waals surface area contributed by atoms with Crippen LogP contribution in [0.5, 0.6) is 0 Å². The summed E-state index contributed by atoms with van der Waals surface area (Å²) in [5.41, 5.74) is 0.634. The highest BCUT2D eigenvalue weighted by molar-refractivity contribution is 5.95. The number of benzene rings is 1. The Morgan fingerprint density at radius 2 is 1.90 bits per heavy atom. The highest BCUT2D eigenvalue weighted by Crippen LogP contribution is 2.14. The molecule has 0 atom stereocenters. The predicted molar refractivity (Wildman–Crippen MR) is 71.3 cm³/mol. The molecule has 0 unspecified atom stereocenters. The Morgan fingerprint density at radius 3 is 2.55 bits per heavy atom. The number of nitrogens with one attached hydrogen (secondary N) is 2. The second kappa shape index (κ2) is 6.10. The minimum absolute atomic E-state index is 0.0134. The van der Waals surface area contributed by atoms with Gasteiger partial charge in [0.1, 0.15) is 5.82 Å². The molecule has 1 aromatic heterocycles. The maximum Gasteiger partial charge on any atom is 0.254 e. The van der Waals surface area contributed by atoms with Gasteiger partial charge < -0.3 is 10.6 Å². The zero-order chi connectivity index (χ0) is 14.5. The summed E-state index contributed by atoms with van der Waals surface area (Å²) in [5.74, 6) is -1.59. The van der Waals surface area contributed by atoms with Crippen molar-refractivity contribution in [3.8, 4) is 0 Å². The quantitative estimate of drug-likeness (QED) is 0.902. The van der Waals surface area contributed by atoms with Gasteiger partial charge in [-0.15, -0.1) is 0 Å².